The summed E-state index contributed by atoms with van der Waals surface area (Å²) in [4.78, 5) is 59.9. The van der Waals surface area contributed by atoms with Crippen LogP contribution >= 0.6 is 0 Å². The molecule has 1 atom stereocenters. The topological polar surface area (TPSA) is 168 Å². The fourth-order valence-corrected chi connectivity index (χ4v) is 7.00. The molecule has 5 aromatic rings. The van der Waals surface area contributed by atoms with Gasteiger partial charge in [0.1, 0.15) is 30.3 Å². The van der Waals surface area contributed by atoms with Crippen molar-refractivity contribution < 1.29 is 28.7 Å². The average molecular weight is 712 g/mol. The van der Waals surface area contributed by atoms with Crippen molar-refractivity contribution in [1.29, 1.82) is 0 Å². The number of nitrogens with one attached hydrogen (secondary N) is 3. The van der Waals surface area contributed by atoms with Crippen molar-refractivity contribution in [2.45, 2.75) is 69.7 Å². The zero-order chi connectivity index (χ0) is 36.7. The third-order valence-corrected chi connectivity index (χ3v) is 10.2. The summed E-state index contributed by atoms with van der Waals surface area (Å²) in [6.07, 6.45) is 6.94. The molecule has 13 heteroatoms. The van der Waals surface area contributed by atoms with Gasteiger partial charge in [-0.3, -0.25) is 34.5 Å². The molecule has 0 spiro atoms. The zero-order valence-electron chi connectivity index (χ0n) is 29.2. The van der Waals surface area contributed by atoms with E-state index in [2.05, 4.69) is 68.9 Å². The molecule has 4 amide bonds. The molecule has 3 aromatic carbocycles. The minimum absolute atomic E-state index is 0.0409. The lowest BCUT2D eigenvalue weighted by Crippen LogP contribution is -2.54. The molecular weight excluding hydrogens is 674 g/mol. The first-order chi connectivity index (χ1) is 25.6. The van der Waals surface area contributed by atoms with Crippen LogP contribution in [0.1, 0.15) is 77.1 Å². The summed E-state index contributed by atoms with van der Waals surface area (Å²) in [7, 11) is 0. The van der Waals surface area contributed by atoms with Crippen molar-refractivity contribution in [3.8, 4) is 22.9 Å². The number of H-pyrrole nitrogens is 1. The Morgan fingerprint density at radius 2 is 1.60 bits per heavy atom. The second-order valence-corrected chi connectivity index (χ2v) is 14.1. The number of hydrogen-bond donors (Lipinski definition) is 3. The summed E-state index contributed by atoms with van der Waals surface area (Å²) in [6.45, 7) is 4.70. The lowest BCUT2D eigenvalue weighted by atomic mass is 9.78. The highest BCUT2D eigenvalue weighted by atomic mass is 16.5. The van der Waals surface area contributed by atoms with E-state index in [-0.39, 0.29) is 41.5 Å². The van der Waals surface area contributed by atoms with Crippen LogP contribution in [0.5, 0.6) is 11.5 Å². The largest absolute Gasteiger partial charge is 0.490 e. The number of fused-ring (bicyclic) bond motifs is 1. The number of rotatable bonds is 11. The number of imide groups is 2. The second-order valence-electron chi connectivity index (χ2n) is 14.1. The van der Waals surface area contributed by atoms with Crippen molar-refractivity contribution in [1.82, 2.24) is 30.4 Å². The number of hydrogen-bond acceptors (Lipinski definition) is 10. The van der Waals surface area contributed by atoms with Gasteiger partial charge in [0.15, 0.2) is 5.82 Å². The van der Waals surface area contributed by atoms with E-state index in [1.54, 1.807) is 36.8 Å². The van der Waals surface area contributed by atoms with Crippen LogP contribution in [0.2, 0.25) is 0 Å². The van der Waals surface area contributed by atoms with Gasteiger partial charge in [-0.1, -0.05) is 38.1 Å². The van der Waals surface area contributed by atoms with Crippen LogP contribution in [0.15, 0.2) is 91.4 Å². The minimum atomic E-state index is -0.987. The maximum Gasteiger partial charge on any atom is 0.262 e. The third kappa shape index (κ3) is 6.73. The lowest BCUT2D eigenvalue weighted by Gasteiger charge is -2.36. The highest BCUT2D eigenvalue weighted by molar-refractivity contribution is 6.23. The fraction of sp³-hybridized carbons (Fsp3) is 0.275. The first kappa shape index (κ1) is 33.8. The predicted molar refractivity (Wildman–Crippen MR) is 193 cm³/mol. The van der Waals surface area contributed by atoms with Crippen LogP contribution < -0.4 is 20.1 Å². The van der Waals surface area contributed by atoms with Gasteiger partial charge in [0, 0.05) is 48.8 Å². The van der Waals surface area contributed by atoms with E-state index in [9.17, 15) is 19.2 Å². The molecule has 1 saturated carbocycles. The van der Waals surface area contributed by atoms with Crippen molar-refractivity contribution in [3.05, 3.63) is 119 Å². The van der Waals surface area contributed by atoms with E-state index in [0.29, 0.717) is 12.4 Å². The number of amides is 4. The van der Waals surface area contributed by atoms with Crippen LogP contribution in [-0.2, 0) is 21.6 Å². The van der Waals surface area contributed by atoms with Gasteiger partial charge in [0.25, 0.3) is 11.8 Å². The molecule has 0 bridgehead atoms. The lowest BCUT2D eigenvalue weighted by molar-refractivity contribution is -0.136. The molecule has 4 heterocycles. The quantitative estimate of drug-likeness (QED) is 0.155. The van der Waals surface area contributed by atoms with Crippen molar-refractivity contribution in [2.24, 2.45) is 0 Å². The van der Waals surface area contributed by atoms with Crippen LogP contribution in [0.4, 0.5) is 5.69 Å². The Balaban J connectivity index is 0.823. The zero-order valence-corrected chi connectivity index (χ0v) is 29.2. The van der Waals surface area contributed by atoms with Gasteiger partial charge in [0.2, 0.25) is 11.8 Å². The smallest absolute Gasteiger partial charge is 0.262 e. The standard InChI is InChI=1S/C40H37N7O6/c1-40(2,24-3-8-29(9-4-24)52-22-27-15-16-41-36(45-27)23-20-42-43-21-23)25-5-10-30(11-6-25)53-31-17-28(18-31)44-26-7-12-32-33(19-26)39(51)47(38(32)50)34-13-14-35(48)46-37(34)49/h3-12,15-16,19-21,28,31,34,44H,13-14,17-18,22H2,1-2H3,(H,42,43)(H,46,48,49). The van der Waals surface area contributed by atoms with Gasteiger partial charge >= 0.3 is 0 Å². The van der Waals surface area contributed by atoms with Crippen LogP contribution in [0.25, 0.3) is 11.4 Å². The summed E-state index contributed by atoms with van der Waals surface area (Å²) in [5, 5.41) is 12.4. The molecular formula is C40H37N7O6. The molecule has 1 saturated heterocycles. The second kappa shape index (κ2) is 13.6. The number of aromatic nitrogens is 4. The number of carbonyl (C=O) groups is 4. The number of aromatic amines is 1. The van der Waals surface area contributed by atoms with Crippen molar-refractivity contribution in [2.75, 3.05) is 5.32 Å². The number of carbonyl (C=O) groups excluding carboxylic acids is 4. The molecule has 3 aliphatic rings. The van der Waals surface area contributed by atoms with Crippen LogP contribution in [-0.4, -0.2) is 66.9 Å². The molecule has 53 heavy (non-hydrogen) atoms. The molecule has 1 unspecified atom stereocenters. The average Bonchev–Trinajstić information content (AvgIpc) is 3.77. The first-order valence-electron chi connectivity index (χ1n) is 17.6. The molecule has 2 fully saturated rings. The number of nitrogens with zero attached hydrogens (tertiary/aromatic N) is 4. The number of ether oxygens (including phenoxy) is 2. The third-order valence-electron chi connectivity index (χ3n) is 10.2. The summed E-state index contributed by atoms with van der Waals surface area (Å²) >= 11 is 0. The van der Waals surface area contributed by atoms with Crippen molar-refractivity contribution in [3.63, 3.8) is 0 Å². The highest BCUT2D eigenvalue weighted by Crippen LogP contribution is 2.36. The summed E-state index contributed by atoms with van der Waals surface area (Å²) in [5.41, 5.74) is 4.87. The predicted octanol–water partition coefficient (Wildman–Crippen LogP) is 5.19. The van der Waals surface area contributed by atoms with E-state index in [1.807, 2.05) is 30.3 Å². The van der Waals surface area contributed by atoms with Crippen LogP contribution in [0, 0.1) is 0 Å². The first-order valence-corrected chi connectivity index (χ1v) is 17.6. The number of benzene rings is 3. The molecule has 2 aliphatic heterocycles. The minimum Gasteiger partial charge on any atom is -0.490 e. The monoisotopic (exact) mass is 711 g/mol. The Hall–Kier alpha value is -6.37. The summed E-state index contributed by atoms with van der Waals surface area (Å²) in [6, 6.07) is 22.4. The Labute approximate surface area is 305 Å². The van der Waals surface area contributed by atoms with Crippen molar-refractivity contribution >= 4 is 29.3 Å². The molecule has 3 N–H and O–H groups in total. The molecule has 268 valence electrons. The Bertz CT molecular complexity index is 2200. The van der Waals surface area contributed by atoms with E-state index >= 15 is 0 Å². The van der Waals surface area contributed by atoms with Crippen LogP contribution in [0.3, 0.4) is 0 Å². The Morgan fingerprint density at radius 3 is 2.30 bits per heavy atom. The number of piperidine rings is 1. The molecule has 2 aromatic heterocycles. The Kier molecular flexibility index (Phi) is 8.69. The van der Waals surface area contributed by atoms with Gasteiger partial charge in [-0.15, -0.1) is 0 Å². The van der Waals surface area contributed by atoms with E-state index in [4.69, 9.17) is 9.47 Å². The SMILES string of the molecule is CC(C)(c1ccc(OCc2ccnc(-c3cn[nH]c3)n2)cc1)c1ccc(OC2CC(Nc3ccc4c(c3)C(=O)N(C3CCC(=O)NC3=O)C4=O)C2)cc1. The maximum atomic E-state index is 13.2. The van der Waals surface area contributed by atoms with E-state index in [1.165, 1.54) is 0 Å². The fourth-order valence-electron chi connectivity index (χ4n) is 7.00. The van der Waals surface area contributed by atoms with E-state index < -0.39 is 29.7 Å². The molecule has 0 radical (unpaired) electrons. The Morgan fingerprint density at radius 1 is 0.887 bits per heavy atom. The van der Waals surface area contributed by atoms with E-state index in [0.717, 1.165) is 57.3 Å². The molecule has 1 aliphatic carbocycles. The molecule has 8 rings (SSSR count). The summed E-state index contributed by atoms with van der Waals surface area (Å²) in [5.74, 6) is 0.0809. The normalized spacial score (nSPS) is 19.7. The van der Waals surface area contributed by atoms with Gasteiger partial charge < -0.3 is 14.8 Å². The van der Waals surface area contributed by atoms with Gasteiger partial charge in [-0.05, 0) is 66.1 Å². The summed E-state index contributed by atoms with van der Waals surface area (Å²) < 4.78 is 12.3. The number of anilines is 1. The van der Waals surface area contributed by atoms with Gasteiger partial charge in [-0.25, -0.2) is 9.97 Å². The molecule has 13 nitrogen and oxygen atoms in total. The maximum absolute atomic E-state index is 13.2. The highest BCUT2D eigenvalue weighted by Gasteiger charge is 2.45. The van der Waals surface area contributed by atoms with Gasteiger partial charge in [-0.2, -0.15) is 5.10 Å². The van der Waals surface area contributed by atoms with Gasteiger partial charge in [0.05, 0.1) is 28.6 Å².